The molecular weight excluding hydrogens is 298 g/mol. The van der Waals surface area contributed by atoms with Crippen molar-refractivity contribution in [3.63, 3.8) is 0 Å². The molecule has 0 unspecified atom stereocenters. The number of halogens is 1. The summed E-state index contributed by atoms with van der Waals surface area (Å²) in [4.78, 5) is 0.286. The van der Waals surface area contributed by atoms with Gasteiger partial charge in [-0.1, -0.05) is 17.7 Å². The lowest BCUT2D eigenvalue weighted by Crippen LogP contribution is -2.34. The Kier molecular flexibility index (Phi) is 5.07. The lowest BCUT2D eigenvalue weighted by molar-refractivity contribution is 0.116. The predicted octanol–water partition coefficient (Wildman–Crippen LogP) is 2.14. The van der Waals surface area contributed by atoms with Gasteiger partial charge in [-0.05, 0) is 37.8 Å². The third kappa shape index (κ3) is 3.95. The highest BCUT2D eigenvalue weighted by Crippen LogP contribution is 2.25. The van der Waals surface area contributed by atoms with E-state index in [1.165, 1.54) is 6.26 Å². The average Bonchev–Trinajstić information content (AvgIpc) is 2.38. The van der Waals surface area contributed by atoms with Gasteiger partial charge in [-0.2, -0.15) is 0 Å². The van der Waals surface area contributed by atoms with Crippen LogP contribution in [0.2, 0.25) is 5.02 Å². The Labute approximate surface area is 125 Å². The first-order valence-electron chi connectivity index (χ1n) is 6.77. The van der Waals surface area contributed by atoms with Crippen molar-refractivity contribution >= 4 is 21.4 Å². The van der Waals surface area contributed by atoms with E-state index in [2.05, 4.69) is 5.32 Å². The molecule has 4 nitrogen and oxygen atoms in total. The Hall–Kier alpha value is -0.620. The van der Waals surface area contributed by atoms with Crippen molar-refractivity contribution < 1.29 is 13.5 Å². The maximum atomic E-state index is 11.8. The van der Waals surface area contributed by atoms with Crippen LogP contribution in [0.3, 0.4) is 0 Å². The van der Waals surface area contributed by atoms with Gasteiger partial charge >= 0.3 is 0 Å². The molecule has 0 saturated heterocycles. The normalized spacial score (nSPS) is 23.8. The lowest BCUT2D eigenvalue weighted by atomic mass is 9.93. The lowest BCUT2D eigenvalue weighted by Gasteiger charge is -2.26. The van der Waals surface area contributed by atoms with Crippen LogP contribution in [-0.2, 0) is 16.4 Å². The van der Waals surface area contributed by atoms with E-state index in [-0.39, 0.29) is 11.0 Å². The van der Waals surface area contributed by atoms with Crippen molar-refractivity contribution in [2.75, 3.05) is 6.26 Å². The summed E-state index contributed by atoms with van der Waals surface area (Å²) < 4.78 is 23.6. The second kappa shape index (κ2) is 6.43. The molecular formula is C14H20ClNO3S. The number of hydrogen-bond acceptors (Lipinski definition) is 4. The van der Waals surface area contributed by atoms with E-state index in [0.717, 1.165) is 25.7 Å². The molecule has 0 radical (unpaired) electrons. The summed E-state index contributed by atoms with van der Waals surface area (Å²) in [5.41, 5.74) is 0.628. The first-order chi connectivity index (χ1) is 9.38. The fourth-order valence-electron chi connectivity index (χ4n) is 2.58. The summed E-state index contributed by atoms with van der Waals surface area (Å²) in [6.07, 6.45) is 4.39. The Balaban J connectivity index is 2.10. The van der Waals surface area contributed by atoms with Crippen LogP contribution in [0, 0.1) is 0 Å². The molecule has 1 aromatic carbocycles. The van der Waals surface area contributed by atoms with Gasteiger partial charge in [-0.3, -0.25) is 0 Å². The minimum atomic E-state index is -3.28. The molecule has 0 aromatic heterocycles. The zero-order valence-electron chi connectivity index (χ0n) is 11.5. The second-order valence-electron chi connectivity index (χ2n) is 5.38. The highest BCUT2D eigenvalue weighted by molar-refractivity contribution is 7.90. The van der Waals surface area contributed by atoms with Gasteiger partial charge < -0.3 is 10.4 Å². The average molecular weight is 318 g/mol. The topological polar surface area (TPSA) is 66.4 Å². The van der Waals surface area contributed by atoms with Crippen molar-refractivity contribution in [1.29, 1.82) is 0 Å². The highest BCUT2D eigenvalue weighted by atomic mass is 35.5. The Morgan fingerprint density at radius 3 is 2.55 bits per heavy atom. The van der Waals surface area contributed by atoms with Crippen LogP contribution in [0.25, 0.3) is 0 Å². The van der Waals surface area contributed by atoms with Crippen molar-refractivity contribution in [1.82, 2.24) is 5.32 Å². The molecule has 6 heteroatoms. The first-order valence-corrected chi connectivity index (χ1v) is 9.04. The summed E-state index contributed by atoms with van der Waals surface area (Å²) in [7, 11) is -3.28. The van der Waals surface area contributed by atoms with Gasteiger partial charge in [0.2, 0.25) is 0 Å². The molecule has 20 heavy (non-hydrogen) atoms. The summed E-state index contributed by atoms with van der Waals surface area (Å²) in [6, 6.07) is 5.25. The van der Waals surface area contributed by atoms with E-state index in [0.29, 0.717) is 23.2 Å². The van der Waals surface area contributed by atoms with Crippen LogP contribution < -0.4 is 5.32 Å². The minimum Gasteiger partial charge on any atom is -0.393 e. The van der Waals surface area contributed by atoms with Crippen LogP contribution in [-0.4, -0.2) is 31.9 Å². The highest BCUT2D eigenvalue weighted by Gasteiger charge is 2.21. The molecule has 2 N–H and O–H groups in total. The first kappa shape index (κ1) is 15.8. The minimum absolute atomic E-state index is 0.194. The summed E-state index contributed by atoms with van der Waals surface area (Å²) in [5.74, 6) is 0. The quantitative estimate of drug-likeness (QED) is 0.893. The van der Waals surface area contributed by atoms with Crippen molar-refractivity contribution in [2.24, 2.45) is 0 Å². The van der Waals surface area contributed by atoms with Crippen LogP contribution in [0.15, 0.2) is 23.1 Å². The van der Waals surface area contributed by atoms with Crippen molar-refractivity contribution in [3.8, 4) is 0 Å². The van der Waals surface area contributed by atoms with E-state index in [9.17, 15) is 13.5 Å². The van der Waals surface area contributed by atoms with Gasteiger partial charge in [0.1, 0.15) is 0 Å². The Bertz CT molecular complexity index is 566. The maximum Gasteiger partial charge on any atom is 0.175 e. The van der Waals surface area contributed by atoms with Crippen LogP contribution in [0.4, 0.5) is 0 Å². The number of sulfone groups is 1. The van der Waals surface area contributed by atoms with Gasteiger partial charge in [0, 0.05) is 29.4 Å². The Morgan fingerprint density at radius 2 is 1.95 bits per heavy atom. The van der Waals surface area contributed by atoms with E-state index < -0.39 is 9.84 Å². The SMILES string of the molecule is CS(=O)(=O)c1cccc(Cl)c1CNC1CCC(O)CC1. The van der Waals surface area contributed by atoms with Crippen LogP contribution in [0.5, 0.6) is 0 Å². The molecule has 0 aliphatic heterocycles. The molecule has 0 spiro atoms. The van der Waals surface area contributed by atoms with E-state index in [1.54, 1.807) is 18.2 Å². The van der Waals surface area contributed by atoms with E-state index >= 15 is 0 Å². The summed E-state index contributed by atoms with van der Waals surface area (Å²) in [5, 5.41) is 13.3. The standard InChI is InChI=1S/C14H20ClNO3S/c1-20(18,19)14-4-2-3-13(15)12(14)9-16-10-5-7-11(17)8-6-10/h2-4,10-11,16-17H,5-9H2,1H3. The molecule has 0 atom stereocenters. The molecule has 1 saturated carbocycles. The third-order valence-corrected chi connectivity index (χ3v) is 5.28. The zero-order valence-corrected chi connectivity index (χ0v) is 13.0. The molecule has 1 fully saturated rings. The van der Waals surface area contributed by atoms with Crippen molar-refractivity contribution in [2.45, 2.75) is 49.3 Å². The van der Waals surface area contributed by atoms with Gasteiger partial charge in [0.25, 0.3) is 0 Å². The fraction of sp³-hybridized carbons (Fsp3) is 0.571. The fourth-order valence-corrected chi connectivity index (χ4v) is 3.84. The third-order valence-electron chi connectivity index (χ3n) is 3.74. The Morgan fingerprint density at radius 1 is 1.30 bits per heavy atom. The largest absolute Gasteiger partial charge is 0.393 e. The smallest absolute Gasteiger partial charge is 0.175 e. The number of aliphatic hydroxyl groups is 1. The molecule has 0 amide bonds. The molecule has 2 rings (SSSR count). The maximum absolute atomic E-state index is 11.8. The van der Waals surface area contributed by atoms with Crippen LogP contribution >= 0.6 is 11.6 Å². The van der Waals surface area contributed by atoms with E-state index in [1.807, 2.05) is 0 Å². The zero-order chi connectivity index (χ0) is 14.8. The van der Waals surface area contributed by atoms with Crippen LogP contribution in [0.1, 0.15) is 31.2 Å². The monoisotopic (exact) mass is 317 g/mol. The van der Waals surface area contributed by atoms with Crippen molar-refractivity contribution in [3.05, 3.63) is 28.8 Å². The molecule has 1 aliphatic rings. The number of rotatable bonds is 4. The molecule has 1 aliphatic carbocycles. The molecule has 1 aromatic rings. The predicted molar refractivity (Wildman–Crippen MR) is 79.7 cm³/mol. The van der Waals surface area contributed by atoms with E-state index in [4.69, 9.17) is 11.6 Å². The summed E-state index contributed by atoms with van der Waals surface area (Å²) in [6.45, 7) is 0.433. The summed E-state index contributed by atoms with van der Waals surface area (Å²) >= 11 is 6.13. The number of hydrogen-bond donors (Lipinski definition) is 2. The molecule has 112 valence electrons. The molecule has 0 bridgehead atoms. The van der Waals surface area contributed by atoms with Gasteiger partial charge in [0.15, 0.2) is 9.84 Å². The van der Waals surface area contributed by atoms with Gasteiger partial charge in [-0.25, -0.2) is 8.42 Å². The van der Waals surface area contributed by atoms with Gasteiger partial charge in [-0.15, -0.1) is 0 Å². The number of nitrogens with one attached hydrogen (secondary N) is 1. The molecule has 0 heterocycles. The number of aliphatic hydroxyl groups excluding tert-OH is 1. The number of benzene rings is 1. The second-order valence-corrected chi connectivity index (χ2v) is 7.77. The van der Waals surface area contributed by atoms with Gasteiger partial charge in [0.05, 0.1) is 11.0 Å².